The number of ether oxygens (including phenoxy) is 2. The van der Waals surface area contributed by atoms with Crippen LogP contribution in [0.2, 0.25) is 0 Å². The average Bonchev–Trinajstić information content (AvgIpc) is 2.29. The van der Waals surface area contributed by atoms with Crippen molar-refractivity contribution in [3.8, 4) is 11.5 Å². The molecular weight excluding hydrogens is 256 g/mol. The van der Waals surface area contributed by atoms with Crippen LogP contribution < -0.4 is 9.47 Å². The standard InChI is InChI=1S/C12H17BrO2/c1-3-4-5-15-12-7-10(9-13)6-11(8-12)14-2/h6-8H,3-5,9H2,1-2H3. The molecule has 2 nitrogen and oxygen atoms in total. The van der Waals surface area contributed by atoms with Crippen molar-refractivity contribution in [2.45, 2.75) is 25.1 Å². The maximum absolute atomic E-state index is 5.63. The van der Waals surface area contributed by atoms with E-state index in [4.69, 9.17) is 9.47 Å². The lowest BCUT2D eigenvalue weighted by Crippen LogP contribution is -1.97. The molecule has 0 bridgehead atoms. The lowest BCUT2D eigenvalue weighted by atomic mass is 10.2. The Labute approximate surface area is 99.7 Å². The van der Waals surface area contributed by atoms with Gasteiger partial charge in [-0.3, -0.25) is 0 Å². The maximum atomic E-state index is 5.63. The summed E-state index contributed by atoms with van der Waals surface area (Å²) in [6, 6.07) is 5.95. The summed E-state index contributed by atoms with van der Waals surface area (Å²) in [5.41, 5.74) is 1.17. The second-order valence-corrected chi connectivity index (χ2v) is 3.91. The Morgan fingerprint density at radius 1 is 1.20 bits per heavy atom. The van der Waals surface area contributed by atoms with Crippen LogP contribution in [0.1, 0.15) is 25.3 Å². The first kappa shape index (κ1) is 12.4. The highest BCUT2D eigenvalue weighted by Crippen LogP contribution is 2.24. The van der Waals surface area contributed by atoms with E-state index in [2.05, 4.69) is 22.9 Å². The molecule has 15 heavy (non-hydrogen) atoms. The van der Waals surface area contributed by atoms with Crippen molar-refractivity contribution in [2.75, 3.05) is 13.7 Å². The maximum Gasteiger partial charge on any atom is 0.123 e. The first-order chi connectivity index (χ1) is 7.30. The molecule has 84 valence electrons. The molecule has 0 radical (unpaired) electrons. The zero-order chi connectivity index (χ0) is 11.1. The van der Waals surface area contributed by atoms with Gasteiger partial charge in [-0.2, -0.15) is 0 Å². The fourth-order valence-corrected chi connectivity index (χ4v) is 1.57. The molecule has 0 amide bonds. The molecule has 0 saturated heterocycles. The van der Waals surface area contributed by atoms with Gasteiger partial charge in [0.25, 0.3) is 0 Å². The monoisotopic (exact) mass is 272 g/mol. The van der Waals surface area contributed by atoms with Crippen molar-refractivity contribution in [3.63, 3.8) is 0 Å². The second-order valence-electron chi connectivity index (χ2n) is 3.35. The Morgan fingerprint density at radius 3 is 2.53 bits per heavy atom. The van der Waals surface area contributed by atoms with Crippen molar-refractivity contribution >= 4 is 15.9 Å². The van der Waals surface area contributed by atoms with Gasteiger partial charge in [-0.25, -0.2) is 0 Å². The van der Waals surface area contributed by atoms with Crippen LogP contribution in [0.4, 0.5) is 0 Å². The fourth-order valence-electron chi connectivity index (χ4n) is 1.24. The van der Waals surface area contributed by atoms with E-state index in [-0.39, 0.29) is 0 Å². The number of alkyl halides is 1. The second kappa shape index (κ2) is 6.72. The van der Waals surface area contributed by atoms with Gasteiger partial charge >= 0.3 is 0 Å². The van der Waals surface area contributed by atoms with Gasteiger partial charge in [0.05, 0.1) is 13.7 Å². The van der Waals surface area contributed by atoms with Crippen molar-refractivity contribution in [1.29, 1.82) is 0 Å². The van der Waals surface area contributed by atoms with Crippen LogP contribution >= 0.6 is 15.9 Å². The van der Waals surface area contributed by atoms with E-state index < -0.39 is 0 Å². The molecule has 0 fully saturated rings. The number of benzene rings is 1. The molecule has 0 unspecified atom stereocenters. The van der Waals surface area contributed by atoms with E-state index in [1.165, 1.54) is 5.56 Å². The molecule has 0 heterocycles. The van der Waals surface area contributed by atoms with E-state index >= 15 is 0 Å². The smallest absolute Gasteiger partial charge is 0.123 e. The molecule has 0 aromatic heterocycles. The predicted molar refractivity (Wildman–Crippen MR) is 66.0 cm³/mol. The van der Waals surface area contributed by atoms with Crippen LogP contribution in [0.15, 0.2) is 18.2 Å². The number of hydrogen-bond donors (Lipinski definition) is 0. The van der Waals surface area contributed by atoms with Gasteiger partial charge in [0.2, 0.25) is 0 Å². The number of unbranched alkanes of at least 4 members (excludes halogenated alkanes) is 1. The Kier molecular flexibility index (Phi) is 5.54. The molecule has 0 aliphatic carbocycles. The molecule has 1 aromatic carbocycles. The van der Waals surface area contributed by atoms with Gasteiger partial charge in [0.15, 0.2) is 0 Å². The molecular formula is C12H17BrO2. The molecule has 0 aliphatic rings. The topological polar surface area (TPSA) is 18.5 Å². The van der Waals surface area contributed by atoms with Crippen LogP contribution in [0, 0.1) is 0 Å². The van der Waals surface area contributed by atoms with Crippen LogP contribution in [0.25, 0.3) is 0 Å². The van der Waals surface area contributed by atoms with Crippen LogP contribution in [0.3, 0.4) is 0 Å². The SMILES string of the molecule is CCCCOc1cc(CBr)cc(OC)c1. The lowest BCUT2D eigenvalue weighted by molar-refractivity contribution is 0.306. The van der Waals surface area contributed by atoms with E-state index in [0.717, 1.165) is 36.3 Å². The Morgan fingerprint density at radius 2 is 1.93 bits per heavy atom. The Balaban J connectivity index is 2.68. The molecule has 0 atom stereocenters. The third-order valence-electron chi connectivity index (χ3n) is 2.10. The predicted octanol–water partition coefficient (Wildman–Crippen LogP) is 3.77. The van der Waals surface area contributed by atoms with E-state index in [0.29, 0.717) is 0 Å². The largest absolute Gasteiger partial charge is 0.497 e. The molecule has 0 spiro atoms. The Bertz CT molecular complexity index is 277. The summed E-state index contributed by atoms with van der Waals surface area (Å²) < 4.78 is 10.8. The Hall–Kier alpha value is -0.700. The number of hydrogen-bond acceptors (Lipinski definition) is 2. The summed E-state index contributed by atoms with van der Waals surface area (Å²) in [5, 5.41) is 0.814. The summed E-state index contributed by atoms with van der Waals surface area (Å²) >= 11 is 3.43. The van der Waals surface area contributed by atoms with Crippen molar-refractivity contribution < 1.29 is 9.47 Å². The first-order valence-electron chi connectivity index (χ1n) is 5.17. The van der Waals surface area contributed by atoms with Gasteiger partial charge in [-0.05, 0) is 24.1 Å². The third kappa shape index (κ3) is 4.12. The normalized spacial score (nSPS) is 10.1. The van der Waals surface area contributed by atoms with Crippen molar-refractivity contribution in [3.05, 3.63) is 23.8 Å². The van der Waals surface area contributed by atoms with Gasteiger partial charge in [-0.15, -0.1) is 0 Å². The first-order valence-corrected chi connectivity index (χ1v) is 6.29. The highest BCUT2D eigenvalue weighted by atomic mass is 79.9. The van der Waals surface area contributed by atoms with Gasteiger partial charge < -0.3 is 9.47 Å². The minimum atomic E-state index is 0.769. The molecule has 0 N–H and O–H groups in total. The molecule has 0 saturated carbocycles. The summed E-state index contributed by atoms with van der Waals surface area (Å²) in [4.78, 5) is 0. The summed E-state index contributed by atoms with van der Waals surface area (Å²) in [7, 11) is 1.67. The number of halogens is 1. The zero-order valence-corrected chi connectivity index (χ0v) is 10.8. The highest BCUT2D eigenvalue weighted by Gasteiger charge is 2.01. The van der Waals surface area contributed by atoms with Gasteiger partial charge in [-0.1, -0.05) is 29.3 Å². The third-order valence-corrected chi connectivity index (χ3v) is 2.74. The van der Waals surface area contributed by atoms with Crippen LogP contribution in [0.5, 0.6) is 11.5 Å². The van der Waals surface area contributed by atoms with E-state index in [9.17, 15) is 0 Å². The molecule has 0 aliphatic heterocycles. The van der Waals surface area contributed by atoms with Crippen LogP contribution in [-0.4, -0.2) is 13.7 Å². The van der Waals surface area contributed by atoms with Gasteiger partial charge in [0.1, 0.15) is 11.5 Å². The summed E-state index contributed by atoms with van der Waals surface area (Å²) in [5.74, 6) is 1.73. The molecule has 1 aromatic rings. The number of rotatable bonds is 6. The molecule has 3 heteroatoms. The number of methoxy groups -OCH3 is 1. The average molecular weight is 273 g/mol. The minimum absolute atomic E-state index is 0.769. The van der Waals surface area contributed by atoms with Crippen LogP contribution in [-0.2, 0) is 5.33 Å². The zero-order valence-electron chi connectivity index (χ0n) is 9.25. The lowest BCUT2D eigenvalue weighted by Gasteiger charge is -2.09. The summed E-state index contributed by atoms with van der Waals surface area (Å²) in [6.45, 7) is 2.92. The fraction of sp³-hybridized carbons (Fsp3) is 0.500. The van der Waals surface area contributed by atoms with Crippen molar-refractivity contribution in [2.24, 2.45) is 0 Å². The van der Waals surface area contributed by atoms with E-state index in [1.54, 1.807) is 7.11 Å². The quantitative estimate of drug-likeness (QED) is 0.580. The summed E-state index contributed by atoms with van der Waals surface area (Å²) in [6.07, 6.45) is 2.23. The highest BCUT2D eigenvalue weighted by molar-refractivity contribution is 9.08. The molecule has 1 rings (SSSR count). The van der Waals surface area contributed by atoms with Gasteiger partial charge in [0, 0.05) is 11.4 Å². The minimum Gasteiger partial charge on any atom is -0.497 e. The van der Waals surface area contributed by atoms with Crippen molar-refractivity contribution in [1.82, 2.24) is 0 Å². The van der Waals surface area contributed by atoms with E-state index in [1.807, 2.05) is 18.2 Å².